The molecule has 138 valence electrons. The number of carbonyl (C=O) groups is 2. The number of hydrogen-bond donors (Lipinski definition) is 1. The predicted octanol–water partition coefficient (Wildman–Crippen LogP) is 3.60. The van der Waals surface area contributed by atoms with Crippen LogP contribution in [0.1, 0.15) is 16.1 Å². The summed E-state index contributed by atoms with van der Waals surface area (Å²) in [6, 6.07) is 14.1. The molecule has 1 N–H and O–H groups in total. The molecule has 3 aromatic rings. The monoisotopic (exact) mass is 381 g/mol. The number of ether oxygens (including phenoxy) is 1. The lowest BCUT2D eigenvalue weighted by Gasteiger charge is -2.24. The quantitative estimate of drug-likeness (QED) is 0.752. The number of carbonyl (C=O) groups excluding carboxylic acids is 2. The Morgan fingerprint density at radius 2 is 2.04 bits per heavy atom. The molecule has 0 bridgehead atoms. The third-order valence-corrected chi connectivity index (χ3v) is 5.59. The van der Waals surface area contributed by atoms with E-state index in [-0.39, 0.29) is 12.0 Å². The molecular weight excluding hydrogens is 362 g/mol. The smallest absolute Gasteiger partial charge is 0.409 e. The first-order valence-electron chi connectivity index (χ1n) is 8.71. The molecule has 1 aliphatic heterocycles. The van der Waals surface area contributed by atoms with Crippen LogP contribution in [0.15, 0.2) is 42.5 Å². The summed E-state index contributed by atoms with van der Waals surface area (Å²) >= 11 is 1.42. The van der Waals surface area contributed by atoms with Gasteiger partial charge in [0.2, 0.25) is 5.91 Å². The van der Waals surface area contributed by atoms with Gasteiger partial charge in [0.05, 0.1) is 25.8 Å². The van der Waals surface area contributed by atoms with Gasteiger partial charge in [-0.1, -0.05) is 53.8 Å². The van der Waals surface area contributed by atoms with Gasteiger partial charge in [-0.05, 0) is 16.3 Å². The van der Waals surface area contributed by atoms with Gasteiger partial charge in [-0.2, -0.15) is 0 Å². The predicted molar refractivity (Wildman–Crippen MR) is 105 cm³/mol. The standard InChI is InChI=1S/C20H19N3O3S/c1-26-20(25)23-9-8-16-17(12-23)27-19(21-16)22-18(24)11-13-6-7-14-4-2-3-5-15(14)10-13/h2-7,10H,8-9,11-12H2,1H3,(H,21,22,24). The first kappa shape index (κ1) is 17.5. The summed E-state index contributed by atoms with van der Waals surface area (Å²) in [6.45, 7) is 1.05. The zero-order valence-corrected chi connectivity index (χ0v) is 15.7. The topological polar surface area (TPSA) is 71.5 Å². The molecule has 2 heterocycles. The molecule has 0 unspecified atom stereocenters. The van der Waals surface area contributed by atoms with Crippen LogP contribution in [0.5, 0.6) is 0 Å². The second kappa shape index (κ2) is 7.36. The Kier molecular flexibility index (Phi) is 4.77. The molecule has 4 rings (SSSR count). The third kappa shape index (κ3) is 3.78. The molecule has 6 nitrogen and oxygen atoms in total. The van der Waals surface area contributed by atoms with Crippen LogP contribution < -0.4 is 5.32 Å². The highest BCUT2D eigenvalue weighted by atomic mass is 32.1. The minimum Gasteiger partial charge on any atom is -0.453 e. The number of amides is 2. The minimum atomic E-state index is -0.337. The van der Waals surface area contributed by atoms with Crippen LogP contribution in [0.25, 0.3) is 10.8 Å². The van der Waals surface area contributed by atoms with Gasteiger partial charge in [0, 0.05) is 17.8 Å². The van der Waals surface area contributed by atoms with Crippen molar-refractivity contribution >= 4 is 39.2 Å². The number of anilines is 1. The molecule has 0 atom stereocenters. The molecule has 0 saturated carbocycles. The fourth-order valence-corrected chi connectivity index (χ4v) is 4.27. The number of aromatic nitrogens is 1. The lowest BCUT2D eigenvalue weighted by molar-refractivity contribution is -0.115. The summed E-state index contributed by atoms with van der Waals surface area (Å²) in [6.07, 6.45) is 0.626. The summed E-state index contributed by atoms with van der Waals surface area (Å²) in [7, 11) is 1.38. The van der Waals surface area contributed by atoms with E-state index in [4.69, 9.17) is 4.74 Å². The minimum absolute atomic E-state index is 0.0961. The lowest BCUT2D eigenvalue weighted by atomic mass is 10.1. The van der Waals surface area contributed by atoms with Crippen molar-refractivity contribution in [3.8, 4) is 0 Å². The van der Waals surface area contributed by atoms with Crippen molar-refractivity contribution in [2.75, 3.05) is 19.0 Å². The van der Waals surface area contributed by atoms with Gasteiger partial charge in [-0.3, -0.25) is 4.79 Å². The van der Waals surface area contributed by atoms with Gasteiger partial charge >= 0.3 is 6.09 Å². The number of thiazole rings is 1. The van der Waals surface area contributed by atoms with E-state index < -0.39 is 0 Å². The van der Waals surface area contributed by atoms with Crippen LogP contribution in [-0.2, 0) is 28.9 Å². The molecule has 1 aliphatic rings. The highest BCUT2D eigenvalue weighted by Crippen LogP contribution is 2.28. The van der Waals surface area contributed by atoms with Crippen molar-refractivity contribution in [2.24, 2.45) is 0 Å². The normalized spacial score (nSPS) is 13.3. The van der Waals surface area contributed by atoms with E-state index in [1.807, 2.05) is 36.4 Å². The molecule has 0 saturated heterocycles. The molecule has 2 aromatic carbocycles. The summed E-state index contributed by atoms with van der Waals surface area (Å²) in [5.41, 5.74) is 1.91. The number of methoxy groups -OCH3 is 1. The Morgan fingerprint density at radius 3 is 2.85 bits per heavy atom. The maximum atomic E-state index is 12.4. The average Bonchev–Trinajstić information content (AvgIpc) is 3.08. The Labute approximate surface area is 160 Å². The average molecular weight is 381 g/mol. The number of hydrogen-bond acceptors (Lipinski definition) is 5. The third-order valence-electron chi connectivity index (χ3n) is 4.59. The largest absolute Gasteiger partial charge is 0.453 e. The molecular formula is C20H19N3O3S. The van der Waals surface area contributed by atoms with E-state index in [2.05, 4.69) is 16.4 Å². The Hall–Kier alpha value is -2.93. The molecule has 0 radical (unpaired) electrons. The molecule has 0 fully saturated rings. The van der Waals surface area contributed by atoms with Gasteiger partial charge < -0.3 is 15.0 Å². The SMILES string of the molecule is COC(=O)N1CCc2nc(NC(=O)Cc3ccc4ccccc4c3)sc2C1. The first-order chi connectivity index (χ1) is 13.1. The number of nitrogens with one attached hydrogen (secondary N) is 1. The van der Waals surface area contributed by atoms with Crippen LogP contribution in [0.2, 0.25) is 0 Å². The van der Waals surface area contributed by atoms with Gasteiger partial charge in [0.25, 0.3) is 0 Å². The maximum absolute atomic E-state index is 12.4. The molecule has 0 spiro atoms. The second-order valence-corrected chi connectivity index (χ2v) is 7.52. The molecule has 1 aromatic heterocycles. The summed E-state index contributed by atoms with van der Waals surface area (Å²) < 4.78 is 4.77. The highest BCUT2D eigenvalue weighted by Gasteiger charge is 2.24. The molecule has 7 heteroatoms. The molecule has 2 amide bonds. The zero-order chi connectivity index (χ0) is 18.8. The van der Waals surface area contributed by atoms with Crippen LogP contribution in [0, 0.1) is 0 Å². The Bertz CT molecular complexity index is 1010. The maximum Gasteiger partial charge on any atom is 0.409 e. The van der Waals surface area contributed by atoms with Crippen LogP contribution >= 0.6 is 11.3 Å². The van der Waals surface area contributed by atoms with Crippen molar-refractivity contribution in [3.63, 3.8) is 0 Å². The molecule has 27 heavy (non-hydrogen) atoms. The first-order valence-corrected chi connectivity index (χ1v) is 9.53. The summed E-state index contributed by atoms with van der Waals surface area (Å²) in [4.78, 5) is 31.2. The van der Waals surface area contributed by atoms with E-state index in [0.717, 1.165) is 26.9 Å². The fourth-order valence-electron chi connectivity index (χ4n) is 3.23. The Balaban J connectivity index is 1.42. The van der Waals surface area contributed by atoms with Gasteiger partial charge in [0.1, 0.15) is 0 Å². The lowest BCUT2D eigenvalue weighted by Crippen LogP contribution is -2.35. The summed E-state index contributed by atoms with van der Waals surface area (Å²) in [5, 5.41) is 5.75. The van der Waals surface area contributed by atoms with Crippen molar-refractivity contribution in [3.05, 3.63) is 58.6 Å². The summed E-state index contributed by atoms with van der Waals surface area (Å²) in [5.74, 6) is -0.0961. The van der Waals surface area contributed by atoms with Gasteiger partial charge in [-0.15, -0.1) is 0 Å². The number of nitrogens with zero attached hydrogens (tertiary/aromatic N) is 2. The number of fused-ring (bicyclic) bond motifs is 2. The van der Waals surface area contributed by atoms with E-state index in [1.54, 1.807) is 4.90 Å². The van der Waals surface area contributed by atoms with Crippen molar-refractivity contribution < 1.29 is 14.3 Å². The van der Waals surface area contributed by atoms with Crippen molar-refractivity contribution in [1.82, 2.24) is 9.88 Å². The van der Waals surface area contributed by atoms with Crippen molar-refractivity contribution in [2.45, 2.75) is 19.4 Å². The number of benzene rings is 2. The van der Waals surface area contributed by atoms with Crippen LogP contribution in [0.4, 0.5) is 9.93 Å². The van der Waals surface area contributed by atoms with E-state index >= 15 is 0 Å². The van der Waals surface area contributed by atoms with Crippen LogP contribution in [0.3, 0.4) is 0 Å². The van der Waals surface area contributed by atoms with E-state index in [1.165, 1.54) is 18.4 Å². The van der Waals surface area contributed by atoms with Gasteiger partial charge in [-0.25, -0.2) is 9.78 Å². The zero-order valence-electron chi connectivity index (χ0n) is 14.9. The Morgan fingerprint density at radius 1 is 1.22 bits per heavy atom. The number of rotatable bonds is 3. The van der Waals surface area contributed by atoms with E-state index in [9.17, 15) is 9.59 Å². The van der Waals surface area contributed by atoms with Gasteiger partial charge in [0.15, 0.2) is 5.13 Å². The van der Waals surface area contributed by atoms with Crippen LogP contribution in [-0.4, -0.2) is 35.5 Å². The molecule has 0 aliphatic carbocycles. The van der Waals surface area contributed by atoms with Crippen molar-refractivity contribution in [1.29, 1.82) is 0 Å². The van der Waals surface area contributed by atoms with E-state index in [0.29, 0.717) is 31.1 Å². The fraction of sp³-hybridized carbons (Fsp3) is 0.250. The highest BCUT2D eigenvalue weighted by molar-refractivity contribution is 7.15. The second-order valence-electron chi connectivity index (χ2n) is 6.44.